The Bertz CT molecular complexity index is 1660. The first-order chi connectivity index (χ1) is 23.4. The Morgan fingerprint density at radius 1 is 1.00 bits per heavy atom. The molecule has 13 nitrogen and oxygen atoms in total. The van der Waals surface area contributed by atoms with E-state index in [1.54, 1.807) is 18.2 Å². The highest BCUT2D eigenvalue weighted by molar-refractivity contribution is 6.06. The predicted octanol–water partition coefficient (Wildman–Crippen LogP) is 3.65. The Hall–Kier alpha value is -5.20. The third-order valence-corrected chi connectivity index (χ3v) is 9.33. The van der Waals surface area contributed by atoms with E-state index in [1.165, 1.54) is 0 Å². The topological polar surface area (TPSA) is 167 Å². The van der Waals surface area contributed by atoms with Gasteiger partial charge in [0.1, 0.15) is 6.04 Å². The Kier molecular flexibility index (Phi) is 10.3. The number of nitrogens with zero attached hydrogens (tertiary/aromatic N) is 3. The fourth-order valence-corrected chi connectivity index (χ4v) is 6.54. The number of carbonyl (C=O) groups excluding carboxylic acids is 5. The molecule has 2 fully saturated rings. The number of fused-ring (bicyclic) bond motifs is 1. The molecule has 3 aromatic rings. The number of amides is 4. The first-order valence-electron chi connectivity index (χ1n) is 16.8. The normalized spacial score (nSPS) is 19.4. The van der Waals surface area contributed by atoms with Crippen LogP contribution in [0.15, 0.2) is 54.9 Å². The summed E-state index contributed by atoms with van der Waals surface area (Å²) in [5.74, 6) is -1.26. The van der Waals surface area contributed by atoms with E-state index in [-0.39, 0.29) is 47.9 Å². The van der Waals surface area contributed by atoms with Crippen molar-refractivity contribution in [3.8, 4) is 0 Å². The molecule has 0 saturated carbocycles. The van der Waals surface area contributed by atoms with Gasteiger partial charge in [0.25, 0.3) is 5.91 Å². The Balaban J connectivity index is 0.873. The molecule has 4 amide bonds. The van der Waals surface area contributed by atoms with E-state index >= 15 is 0 Å². The van der Waals surface area contributed by atoms with Gasteiger partial charge >= 0.3 is 0 Å². The summed E-state index contributed by atoms with van der Waals surface area (Å²) in [6.07, 6.45) is 9.88. The first kappa shape index (κ1) is 32.7. The maximum absolute atomic E-state index is 12.9. The molecule has 3 aliphatic rings. The van der Waals surface area contributed by atoms with Crippen molar-refractivity contribution >= 4 is 47.0 Å². The van der Waals surface area contributed by atoms with Crippen LogP contribution in [0.5, 0.6) is 0 Å². The number of aromatic nitrogens is 2. The number of hydrogen-bond acceptors (Lipinski definition) is 9. The van der Waals surface area contributed by atoms with Crippen LogP contribution in [-0.4, -0.2) is 76.8 Å². The van der Waals surface area contributed by atoms with Gasteiger partial charge in [0, 0.05) is 67.6 Å². The van der Waals surface area contributed by atoms with Gasteiger partial charge in [-0.05, 0) is 62.4 Å². The van der Waals surface area contributed by atoms with Gasteiger partial charge < -0.3 is 26.2 Å². The largest absolute Gasteiger partial charge is 0.385 e. The van der Waals surface area contributed by atoms with E-state index in [2.05, 4.69) is 54.7 Å². The van der Waals surface area contributed by atoms with Crippen molar-refractivity contribution < 1.29 is 24.0 Å². The smallest absolute Gasteiger partial charge is 0.252 e. The second kappa shape index (κ2) is 15.1. The summed E-state index contributed by atoms with van der Waals surface area (Å²) in [4.78, 5) is 62.6. The molecule has 1 aromatic heterocycles. The number of rotatable bonds is 12. The third-order valence-electron chi connectivity index (χ3n) is 9.33. The molecule has 0 spiro atoms. The molecule has 0 aliphatic carbocycles. The number of benzene rings is 2. The Labute approximate surface area is 279 Å². The number of aldehydes is 1. The average molecular weight is 655 g/mol. The molecular weight excluding hydrogens is 612 g/mol. The van der Waals surface area contributed by atoms with Crippen molar-refractivity contribution in [3.63, 3.8) is 0 Å². The number of hydrogen-bond donors (Lipinski definition) is 5. The molecule has 2 unspecified atom stereocenters. The van der Waals surface area contributed by atoms with Crippen molar-refractivity contribution in [2.45, 2.75) is 69.5 Å². The van der Waals surface area contributed by atoms with Gasteiger partial charge in [0.15, 0.2) is 6.29 Å². The molecule has 5 N–H and O–H groups in total. The molecule has 6 rings (SSSR count). The van der Waals surface area contributed by atoms with Crippen LogP contribution in [0.1, 0.15) is 89.7 Å². The minimum atomic E-state index is -0.816. The lowest BCUT2D eigenvalue weighted by Crippen LogP contribution is -2.52. The maximum atomic E-state index is 12.9. The molecule has 3 aliphatic heterocycles. The number of nitrogens with one attached hydrogen (secondary N) is 5. The number of unbranched alkanes of at least 4 members (excludes halogenated alkanes) is 2. The highest BCUT2D eigenvalue weighted by atomic mass is 16.2. The number of carbonyl (C=O) groups is 5. The van der Waals surface area contributed by atoms with E-state index in [0.29, 0.717) is 24.9 Å². The minimum Gasteiger partial charge on any atom is -0.385 e. The number of anilines is 3. The lowest BCUT2D eigenvalue weighted by atomic mass is 10.0. The van der Waals surface area contributed by atoms with E-state index in [0.717, 1.165) is 68.7 Å². The summed E-state index contributed by atoms with van der Waals surface area (Å²) < 4.78 is 2.06. The van der Waals surface area contributed by atoms with Crippen LogP contribution in [0.4, 0.5) is 17.1 Å². The molecule has 252 valence electrons. The van der Waals surface area contributed by atoms with Crippen molar-refractivity contribution in [3.05, 3.63) is 71.5 Å². The number of imide groups is 1. The summed E-state index contributed by atoms with van der Waals surface area (Å²) in [5, 5.41) is 19.8. The summed E-state index contributed by atoms with van der Waals surface area (Å²) >= 11 is 0. The SMILES string of the molecule is O=Cc1cc(NCCCCCC(=O)N2CCC(n3cc(C4CNc5ccccc5N4)cn3)CC2)ccc1C(=O)NC1CCC(=O)NC1=O. The van der Waals surface area contributed by atoms with Crippen molar-refractivity contribution in [1.82, 2.24) is 25.3 Å². The van der Waals surface area contributed by atoms with Crippen LogP contribution < -0.4 is 26.6 Å². The standard InChI is InChI=1S/C35H42N8O5/c44-22-23-18-25(9-10-27(23)34(47)40-30-11-12-32(45)41-35(30)48)36-15-5-1-2-8-33(46)42-16-13-26(14-17-42)43-21-24(19-38-43)31-20-37-28-6-3-4-7-29(28)39-31/h3-4,6-7,9-10,18-19,21-22,26,30-31,36-37,39H,1-2,5,8,11-17,20H2,(H,40,47)(H,41,45,48). The van der Waals surface area contributed by atoms with Crippen molar-refractivity contribution in [2.24, 2.45) is 0 Å². The van der Waals surface area contributed by atoms with Crippen molar-refractivity contribution in [1.29, 1.82) is 0 Å². The van der Waals surface area contributed by atoms with Gasteiger partial charge in [-0.25, -0.2) is 0 Å². The summed E-state index contributed by atoms with van der Waals surface area (Å²) in [7, 11) is 0. The van der Waals surface area contributed by atoms with Crippen LogP contribution in [0.2, 0.25) is 0 Å². The Morgan fingerprint density at radius 3 is 2.60 bits per heavy atom. The quantitative estimate of drug-likeness (QED) is 0.111. The van der Waals surface area contributed by atoms with Gasteiger partial charge in [0.05, 0.1) is 29.7 Å². The summed E-state index contributed by atoms with van der Waals surface area (Å²) in [6, 6.07) is 12.7. The number of para-hydroxylation sites is 2. The van der Waals surface area contributed by atoms with Gasteiger partial charge in [-0.2, -0.15) is 5.10 Å². The monoisotopic (exact) mass is 654 g/mol. The number of likely N-dealkylation sites (tertiary alicyclic amines) is 1. The van der Waals surface area contributed by atoms with Crippen LogP contribution in [-0.2, 0) is 14.4 Å². The van der Waals surface area contributed by atoms with E-state index in [1.807, 2.05) is 23.2 Å². The van der Waals surface area contributed by atoms with E-state index in [4.69, 9.17) is 0 Å². The second-order valence-electron chi connectivity index (χ2n) is 12.6. The van der Waals surface area contributed by atoms with Crippen LogP contribution in [0.3, 0.4) is 0 Å². The lowest BCUT2D eigenvalue weighted by molar-refractivity contribution is -0.135. The minimum absolute atomic E-state index is 0.147. The highest BCUT2D eigenvalue weighted by Gasteiger charge is 2.29. The summed E-state index contributed by atoms with van der Waals surface area (Å²) in [5.41, 5.74) is 4.44. The maximum Gasteiger partial charge on any atom is 0.252 e. The highest BCUT2D eigenvalue weighted by Crippen LogP contribution is 2.32. The third kappa shape index (κ3) is 7.84. The van der Waals surface area contributed by atoms with Crippen LogP contribution >= 0.6 is 0 Å². The summed E-state index contributed by atoms with van der Waals surface area (Å²) in [6.45, 7) is 2.93. The fraction of sp³-hybridized carbons (Fsp3) is 0.429. The molecule has 2 atom stereocenters. The molecule has 4 heterocycles. The zero-order valence-corrected chi connectivity index (χ0v) is 26.9. The average Bonchev–Trinajstić information content (AvgIpc) is 3.61. The fourth-order valence-electron chi connectivity index (χ4n) is 6.54. The molecule has 2 aromatic carbocycles. The van der Waals surface area contributed by atoms with Crippen LogP contribution in [0, 0.1) is 0 Å². The van der Waals surface area contributed by atoms with Gasteiger partial charge in [-0.3, -0.25) is 34.0 Å². The zero-order chi connectivity index (χ0) is 33.5. The molecule has 13 heteroatoms. The molecule has 2 saturated heterocycles. The second-order valence-corrected chi connectivity index (χ2v) is 12.6. The van der Waals surface area contributed by atoms with Gasteiger partial charge in [-0.1, -0.05) is 18.6 Å². The molecule has 0 bridgehead atoms. The van der Waals surface area contributed by atoms with Gasteiger partial charge in [-0.15, -0.1) is 0 Å². The number of piperidine rings is 2. The predicted molar refractivity (Wildman–Crippen MR) is 181 cm³/mol. The van der Waals surface area contributed by atoms with Gasteiger partial charge in [0.2, 0.25) is 17.7 Å². The lowest BCUT2D eigenvalue weighted by Gasteiger charge is -2.32. The zero-order valence-electron chi connectivity index (χ0n) is 26.9. The Morgan fingerprint density at radius 2 is 1.81 bits per heavy atom. The molecular formula is C35H42N8O5. The van der Waals surface area contributed by atoms with E-state index in [9.17, 15) is 24.0 Å². The molecule has 0 radical (unpaired) electrons. The van der Waals surface area contributed by atoms with Crippen LogP contribution in [0.25, 0.3) is 0 Å². The molecule has 48 heavy (non-hydrogen) atoms. The van der Waals surface area contributed by atoms with Crippen molar-refractivity contribution in [2.75, 3.05) is 42.1 Å². The van der Waals surface area contributed by atoms with E-state index < -0.39 is 17.9 Å². The first-order valence-corrected chi connectivity index (χ1v) is 16.8.